The van der Waals surface area contributed by atoms with Crippen molar-refractivity contribution in [3.8, 4) is 0 Å². The van der Waals surface area contributed by atoms with E-state index in [1.165, 1.54) is 20.7 Å². The largest absolute Gasteiger partial charge is 0.229 e. The zero-order valence-corrected chi connectivity index (χ0v) is 12.5. The Hall–Kier alpha value is -1.39. The number of rotatable bonds is 3. The van der Waals surface area contributed by atoms with Crippen molar-refractivity contribution in [3.63, 3.8) is 0 Å². The summed E-state index contributed by atoms with van der Waals surface area (Å²) in [5, 5.41) is 2.22. The summed E-state index contributed by atoms with van der Waals surface area (Å²) in [6, 6.07) is 10.8. The summed E-state index contributed by atoms with van der Waals surface area (Å²) in [6.07, 6.45) is 2.71. The maximum absolute atomic E-state index is 4.43. The molecule has 2 heterocycles. The highest BCUT2D eigenvalue weighted by Crippen LogP contribution is 2.34. The van der Waals surface area contributed by atoms with Crippen LogP contribution in [0.5, 0.6) is 0 Å². The number of hydrogen-bond donors (Lipinski definition) is 0. The third-order valence-corrected chi connectivity index (χ3v) is 5.14. The van der Waals surface area contributed by atoms with Gasteiger partial charge in [0.15, 0.2) is 0 Å². The number of aromatic nitrogens is 2. The van der Waals surface area contributed by atoms with E-state index in [9.17, 15) is 0 Å². The van der Waals surface area contributed by atoms with E-state index in [2.05, 4.69) is 54.1 Å². The van der Waals surface area contributed by atoms with Crippen LogP contribution in [0.3, 0.4) is 0 Å². The molecule has 0 aliphatic carbocycles. The van der Waals surface area contributed by atoms with Crippen LogP contribution in [0, 0.1) is 6.92 Å². The van der Waals surface area contributed by atoms with Crippen molar-refractivity contribution in [3.05, 3.63) is 47.1 Å². The first kappa shape index (κ1) is 12.6. The predicted octanol–water partition coefficient (Wildman–Crippen LogP) is 4.71. The lowest BCUT2D eigenvalue weighted by Gasteiger charge is -2.02. The molecular weight excluding hydrogens is 272 g/mol. The Morgan fingerprint density at radius 2 is 1.95 bits per heavy atom. The number of thiophene rings is 1. The van der Waals surface area contributed by atoms with Crippen LogP contribution in [0.4, 0.5) is 0 Å². The van der Waals surface area contributed by atoms with Crippen molar-refractivity contribution in [2.75, 3.05) is 0 Å². The van der Waals surface area contributed by atoms with Gasteiger partial charge >= 0.3 is 0 Å². The molecule has 0 saturated heterocycles. The molecule has 4 heteroatoms. The SMILES string of the molecule is CCc1cc2c(Sc3ccc(C)cc3)ncnc2s1. The van der Waals surface area contributed by atoms with Crippen LogP contribution in [0.1, 0.15) is 17.4 Å². The molecule has 0 N–H and O–H groups in total. The van der Waals surface area contributed by atoms with E-state index >= 15 is 0 Å². The highest BCUT2D eigenvalue weighted by Gasteiger charge is 2.09. The van der Waals surface area contributed by atoms with Crippen molar-refractivity contribution in [1.82, 2.24) is 9.97 Å². The average Bonchev–Trinajstić information content (AvgIpc) is 2.85. The summed E-state index contributed by atoms with van der Waals surface area (Å²) in [5.41, 5.74) is 1.28. The molecule has 2 nitrogen and oxygen atoms in total. The Kier molecular flexibility index (Phi) is 3.53. The molecule has 0 saturated carbocycles. The standard InChI is InChI=1S/C15H14N2S2/c1-3-11-8-13-14(18-11)16-9-17-15(13)19-12-6-4-10(2)5-7-12/h4-9H,3H2,1-2H3. The lowest BCUT2D eigenvalue weighted by molar-refractivity contribution is 1.11. The normalized spacial score (nSPS) is 11.1. The molecule has 0 atom stereocenters. The first-order valence-corrected chi connectivity index (χ1v) is 7.87. The van der Waals surface area contributed by atoms with Crippen molar-refractivity contribution < 1.29 is 0 Å². The molecule has 0 amide bonds. The Morgan fingerprint density at radius 1 is 1.16 bits per heavy atom. The van der Waals surface area contributed by atoms with Crippen LogP contribution in [0.15, 0.2) is 46.6 Å². The monoisotopic (exact) mass is 286 g/mol. The molecular formula is C15H14N2S2. The molecule has 0 spiro atoms. The second-order valence-electron chi connectivity index (χ2n) is 4.38. The lowest BCUT2D eigenvalue weighted by Crippen LogP contribution is -1.83. The third-order valence-electron chi connectivity index (χ3n) is 2.93. The fourth-order valence-corrected chi connectivity index (χ4v) is 3.72. The molecule has 0 bridgehead atoms. The molecule has 3 aromatic rings. The van der Waals surface area contributed by atoms with Crippen LogP contribution < -0.4 is 0 Å². The van der Waals surface area contributed by atoms with Crippen molar-refractivity contribution in [2.45, 2.75) is 30.2 Å². The summed E-state index contributed by atoms with van der Waals surface area (Å²) < 4.78 is 0. The van der Waals surface area contributed by atoms with Gasteiger partial charge in [-0.3, -0.25) is 0 Å². The summed E-state index contributed by atoms with van der Waals surface area (Å²) in [6.45, 7) is 4.27. The second-order valence-corrected chi connectivity index (χ2v) is 6.56. The molecule has 2 aromatic heterocycles. The molecule has 0 radical (unpaired) electrons. The zero-order chi connectivity index (χ0) is 13.2. The maximum Gasteiger partial charge on any atom is 0.128 e. The lowest BCUT2D eigenvalue weighted by atomic mass is 10.2. The fraction of sp³-hybridized carbons (Fsp3) is 0.200. The number of fused-ring (bicyclic) bond motifs is 1. The van der Waals surface area contributed by atoms with E-state index in [1.54, 1.807) is 29.4 Å². The molecule has 1 aromatic carbocycles. The topological polar surface area (TPSA) is 25.8 Å². The van der Waals surface area contributed by atoms with E-state index in [1.807, 2.05) is 0 Å². The molecule has 19 heavy (non-hydrogen) atoms. The van der Waals surface area contributed by atoms with Gasteiger partial charge in [0.25, 0.3) is 0 Å². The van der Waals surface area contributed by atoms with Crippen molar-refractivity contribution in [2.24, 2.45) is 0 Å². The Bertz CT molecular complexity index is 702. The Labute approximate surface area is 120 Å². The highest BCUT2D eigenvalue weighted by molar-refractivity contribution is 7.99. The Balaban J connectivity index is 2.00. The van der Waals surface area contributed by atoms with Gasteiger partial charge in [-0.2, -0.15) is 0 Å². The van der Waals surface area contributed by atoms with E-state index < -0.39 is 0 Å². The van der Waals surface area contributed by atoms with E-state index in [0.29, 0.717) is 0 Å². The smallest absolute Gasteiger partial charge is 0.128 e. The van der Waals surface area contributed by atoms with Gasteiger partial charge in [-0.25, -0.2) is 9.97 Å². The molecule has 3 rings (SSSR count). The van der Waals surface area contributed by atoms with Gasteiger partial charge in [-0.15, -0.1) is 11.3 Å². The third kappa shape index (κ3) is 2.65. The first-order valence-electron chi connectivity index (χ1n) is 6.24. The minimum atomic E-state index is 1.05. The summed E-state index contributed by atoms with van der Waals surface area (Å²) >= 11 is 3.47. The quantitative estimate of drug-likeness (QED) is 0.652. The molecule has 0 unspecified atom stereocenters. The average molecular weight is 286 g/mol. The van der Waals surface area contributed by atoms with E-state index in [-0.39, 0.29) is 0 Å². The van der Waals surface area contributed by atoms with Crippen LogP contribution in [0.25, 0.3) is 10.2 Å². The van der Waals surface area contributed by atoms with Gasteiger partial charge in [0.2, 0.25) is 0 Å². The van der Waals surface area contributed by atoms with Crippen LogP contribution in [0.2, 0.25) is 0 Å². The minimum absolute atomic E-state index is 1.05. The number of nitrogens with zero attached hydrogens (tertiary/aromatic N) is 2. The summed E-state index contributed by atoms with van der Waals surface area (Å²) in [7, 11) is 0. The van der Waals surface area contributed by atoms with E-state index in [0.717, 1.165) is 16.3 Å². The Morgan fingerprint density at radius 3 is 2.68 bits per heavy atom. The van der Waals surface area contributed by atoms with Gasteiger partial charge in [-0.05, 0) is 31.5 Å². The highest BCUT2D eigenvalue weighted by atomic mass is 32.2. The van der Waals surface area contributed by atoms with Gasteiger partial charge in [0.1, 0.15) is 16.2 Å². The van der Waals surface area contributed by atoms with Crippen molar-refractivity contribution >= 4 is 33.3 Å². The number of hydrogen-bond acceptors (Lipinski definition) is 4. The van der Waals surface area contributed by atoms with Crippen molar-refractivity contribution in [1.29, 1.82) is 0 Å². The van der Waals surface area contributed by atoms with Gasteiger partial charge in [0.05, 0.1) is 0 Å². The first-order chi connectivity index (χ1) is 9.26. The summed E-state index contributed by atoms with van der Waals surface area (Å²) in [5.74, 6) is 0. The van der Waals surface area contributed by atoms with Gasteiger partial charge in [0, 0.05) is 15.2 Å². The molecule has 0 fully saturated rings. The number of benzene rings is 1. The van der Waals surface area contributed by atoms with E-state index in [4.69, 9.17) is 0 Å². The fourth-order valence-electron chi connectivity index (χ4n) is 1.86. The second kappa shape index (κ2) is 5.31. The zero-order valence-electron chi connectivity index (χ0n) is 10.9. The molecule has 96 valence electrons. The predicted molar refractivity (Wildman–Crippen MR) is 82.1 cm³/mol. The molecule has 0 aliphatic heterocycles. The minimum Gasteiger partial charge on any atom is -0.229 e. The number of aryl methyl sites for hydroxylation is 2. The van der Waals surface area contributed by atoms with Gasteiger partial charge < -0.3 is 0 Å². The van der Waals surface area contributed by atoms with Crippen LogP contribution >= 0.6 is 23.1 Å². The molecule has 0 aliphatic rings. The van der Waals surface area contributed by atoms with Crippen LogP contribution in [-0.4, -0.2) is 9.97 Å². The summed E-state index contributed by atoms with van der Waals surface area (Å²) in [4.78, 5) is 12.5. The maximum atomic E-state index is 4.43. The van der Waals surface area contributed by atoms with Crippen LogP contribution in [-0.2, 0) is 6.42 Å². The van der Waals surface area contributed by atoms with Gasteiger partial charge in [-0.1, -0.05) is 36.4 Å².